The monoisotopic (exact) mass is 931 g/mol. The summed E-state index contributed by atoms with van der Waals surface area (Å²) in [6, 6.07) is 0. The molecule has 6 nitrogen and oxygen atoms in total. The predicted octanol–water partition coefficient (Wildman–Crippen LogP) is 18.5. The SMILES string of the molecule is CC/C=C\C/C=C\C/C=C\C/C=C\C/C=C\C/C=C\CCCCCCCCCCC(=O)OCC(COC(=O)CCCCCCC)OC(=O)CCCCCCCCC/C=C\C/C=C\CCCCC. The van der Waals surface area contributed by atoms with Gasteiger partial charge in [-0.25, -0.2) is 0 Å². The molecule has 0 aromatic heterocycles. The van der Waals surface area contributed by atoms with E-state index in [2.05, 4.69) is 118 Å². The zero-order valence-corrected chi connectivity index (χ0v) is 43.6. The Labute approximate surface area is 413 Å². The Kier molecular flexibility index (Phi) is 51.9. The number of carbonyl (C=O) groups is 3. The molecule has 382 valence electrons. The molecular weight excluding hydrogens is 829 g/mol. The van der Waals surface area contributed by atoms with Gasteiger partial charge < -0.3 is 14.2 Å². The highest BCUT2D eigenvalue weighted by Gasteiger charge is 2.19. The summed E-state index contributed by atoms with van der Waals surface area (Å²) >= 11 is 0. The summed E-state index contributed by atoms with van der Waals surface area (Å²) < 4.78 is 16.7. The van der Waals surface area contributed by atoms with E-state index in [1.807, 2.05) is 0 Å². The van der Waals surface area contributed by atoms with Gasteiger partial charge in [-0.3, -0.25) is 14.4 Å². The Morgan fingerprint density at radius 3 is 0.940 bits per heavy atom. The maximum atomic E-state index is 12.8. The van der Waals surface area contributed by atoms with Crippen LogP contribution in [0.2, 0.25) is 0 Å². The second-order valence-corrected chi connectivity index (χ2v) is 18.1. The van der Waals surface area contributed by atoms with E-state index in [1.165, 1.54) is 89.9 Å². The van der Waals surface area contributed by atoms with Gasteiger partial charge in [0, 0.05) is 19.3 Å². The molecule has 0 aromatic rings. The molecule has 0 aliphatic carbocycles. The van der Waals surface area contributed by atoms with E-state index in [1.54, 1.807) is 0 Å². The third kappa shape index (κ3) is 53.2. The third-order valence-electron chi connectivity index (χ3n) is 11.6. The van der Waals surface area contributed by atoms with Crippen molar-refractivity contribution in [3.63, 3.8) is 0 Å². The summed E-state index contributed by atoms with van der Waals surface area (Å²) in [7, 11) is 0. The van der Waals surface area contributed by atoms with Crippen LogP contribution in [0.25, 0.3) is 0 Å². The van der Waals surface area contributed by atoms with Gasteiger partial charge in [0.15, 0.2) is 6.10 Å². The molecule has 0 aromatic carbocycles. The van der Waals surface area contributed by atoms with Crippen molar-refractivity contribution in [1.29, 1.82) is 0 Å². The van der Waals surface area contributed by atoms with E-state index in [-0.39, 0.29) is 31.1 Å². The average Bonchev–Trinajstić information content (AvgIpc) is 3.33. The molecule has 0 bridgehead atoms. The second-order valence-electron chi connectivity index (χ2n) is 18.1. The number of allylic oxidation sites excluding steroid dienone is 16. The normalized spacial score (nSPS) is 12.8. The van der Waals surface area contributed by atoms with Gasteiger partial charge in [-0.15, -0.1) is 0 Å². The molecule has 6 heteroatoms. The number of ether oxygens (including phenoxy) is 3. The fourth-order valence-corrected chi connectivity index (χ4v) is 7.42. The maximum absolute atomic E-state index is 12.8. The summed E-state index contributed by atoms with van der Waals surface area (Å²) in [5.41, 5.74) is 0. The summed E-state index contributed by atoms with van der Waals surface area (Å²) in [6.07, 6.45) is 72.9. The number of hydrogen-bond acceptors (Lipinski definition) is 6. The standard InChI is InChI=1S/C61H102O6/c1-4-7-10-13-15-17-19-21-23-25-26-27-28-29-30-31-32-33-34-36-37-39-41-43-45-48-51-54-60(63)66-57-58(56-65-59(62)53-50-47-12-9-6-3)67-61(64)55-52-49-46-44-42-40-38-35-24-22-20-18-16-14-11-8-5-2/h7,10,15-18,21-24,26-27,29-30,32-33,58H,4-6,8-9,11-14,19-20,25,28,31,34-57H2,1-3H3/b10-7-,17-15-,18-16-,23-21-,24-22-,27-26-,30-29-,33-32-. The van der Waals surface area contributed by atoms with Gasteiger partial charge in [-0.1, -0.05) is 227 Å². The topological polar surface area (TPSA) is 78.9 Å². The maximum Gasteiger partial charge on any atom is 0.306 e. The highest BCUT2D eigenvalue weighted by atomic mass is 16.6. The average molecular weight is 931 g/mol. The molecule has 0 saturated heterocycles. The Morgan fingerprint density at radius 2 is 0.582 bits per heavy atom. The van der Waals surface area contributed by atoms with E-state index in [9.17, 15) is 14.4 Å². The minimum Gasteiger partial charge on any atom is -0.462 e. The van der Waals surface area contributed by atoms with Crippen molar-refractivity contribution in [2.75, 3.05) is 13.2 Å². The van der Waals surface area contributed by atoms with E-state index >= 15 is 0 Å². The smallest absolute Gasteiger partial charge is 0.306 e. The molecule has 0 radical (unpaired) electrons. The van der Waals surface area contributed by atoms with Crippen LogP contribution in [0, 0.1) is 0 Å². The number of unbranched alkanes of at least 4 members (excludes halogenated alkanes) is 22. The van der Waals surface area contributed by atoms with Gasteiger partial charge in [-0.05, 0) is 103 Å². The van der Waals surface area contributed by atoms with Gasteiger partial charge in [0.1, 0.15) is 13.2 Å². The third-order valence-corrected chi connectivity index (χ3v) is 11.6. The van der Waals surface area contributed by atoms with E-state index in [0.29, 0.717) is 19.3 Å². The number of hydrogen-bond donors (Lipinski definition) is 0. The minimum absolute atomic E-state index is 0.0842. The zero-order valence-electron chi connectivity index (χ0n) is 43.6. The molecule has 0 aliphatic rings. The van der Waals surface area contributed by atoms with E-state index < -0.39 is 6.10 Å². The first kappa shape index (κ1) is 63.3. The highest BCUT2D eigenvalue weighted by molar-refractivity contribution is 5.71. The molecular formula is C61H102O6. The van der Waals surface area contributed by atoms with Gasteiger partial charge in [0.2, 0.25) is 0 Å². The molecule has 1 unspecified atom stereocenters. The lowest BCUT2D eigenvalue weighted by atomic mass is 10.1. The van der Waals surface area contributed by atoms with Crippen LogP contribution in [-0.4, -0.2) is 37.2 Å². The van der Waals surface area contributed by atoms with Crippen molar-refractivity contribution in [2.45, 2.75) is 258 Å². The zero-order chi connectivity index (χ0) is 48.6. The van der Waals surface area contributed by atoms with Crippen molar-refractivity contribution in [3.05, 3.63) is 97.2 Å². The lowest BCUT2D eigenvalue weighted by Gasteiger charge is -2.18. The van der Waals surface area contributed by atoms with Crippen LogP contribution in [0.3, 0.4) is 0 Å². The first-order chi connectivity index (χ1) is 33.0. The summed E-state index contributed by atoms with van der Waals surface area (Å²) in [5.74, 6) is -0.915. The van der Waals surface area contributed by atoms with Crippen molar-refractivity contribution in [2.24, 2.45) is 0 Å². The van der Waals surface area contributed by atoms with Crippen LogP contribution >= 0.6 is 0 Å². The highest BCUT2D eigenvalue weighted by Crippen LogP contribution is 2.14. The van der Waals surface area contributed by atoms with Crippen molar-refractivity contribution >= 4 is 17.9 Å². The van der Waals surface area contributed by atoms with Gasteiger partial charge in [0.05, 0.1) is 0 Å². The molecule has 1 atom stereocenters. The van der Waals surface area contributed by atoms with Gasteiger partial charge in [0.25, 0.3) is 0 Å². The van der Waals surface area contributed by atoms with Crippen LogP contribution in [0.5, 0.6) is 0 Å². The first-order valence-corrected chi connectivity index (χ1v) is 27.7. The summed E-state index contributed by atoms with van der Waals surface area (Å²) in [4.78, 5) is 37.8. The number of esters is 3. The van der Waals surface area contributed by atoms with Crippen LogP contribution in [0.1, 0.15) is 252 Å². The number of carbonyl (C=O) groups excluding carboxylic acids is 3. The Hall–Kier alpha value is -3.67. The van der Waals surface area contributed by atoms with Gasteiger partial charge >= 0.3 is 17.9 Å². The first-order valence-electron chi connectivity index (χ1n) is 27.7. The Morgan fingerprint density at radius 1 is 0.313 bits per heavy atom. The van der Waals surface area contributed by atoms with Crippen LogP contribution in [0.4, 0.5) is 0 Å². The molecule has 0 amide bonds. The second kappa shape index (κ2) is 54.9. The molecule has 0 aliphatic heterocycles. The lowest BCUT2D eigenvalue weighted by Crippen LogP contribution is -2.30. The Bertz CT molecular complexity index is 1350. The molecule has 0 heterocycles. The molecule has 0 N–H and O–H groups in total. The number of rotatable bonds is 49. The Balaban J connectivity index is 4.14. The molecule has 0 fully saturated rings. The van der Waals surface area contributed by atoms with Crippen molar-refractivity contribution in [1.82, 2.24) is 0 Å². The largest absolute Gasteiger partial charge is 0.462 e. The predicted molar refractivity (Wildman–Crippen MR) is 288 cm³/mol. The summed E-state index contributed by atoms with van der Waals surface area (Å²) in [6.45, 7) is 6.40. The lowest BCUT2D eigenvalue weighted by molar-refractivity contribution is -0.167. The van der Waals surface area contributed by atoms with Crippen LogP contribution < -0.4 is 0 Å². The molecule has 0 saturated carbocycles. The van der Waals surface area contributed by atoms with Gasteiger partial charge in [-0.2, -0.15) is 0 Å². The molecule has 0 spiro atoms. The summed E-state index contributed by atoms with van der Waals surface area (Å²) in [5, 5.41) is 0. The van der Waals surface area contributed by atoms with Crippen LogP contribution in [0.15, 0.2) is 97.2 Å². The minimum atomic E-state index is -0.782. The molecule has 0 rings (SSSR count). The fourth-order valence-electron chi connectivity index (χ4n) is 7.42. The van der Waals surface area contributed by atoms with Crippen LogP contribution in [-0.2, 0) is 28.6 Å². The quantitative estimate of drug-likeness (QED) is 0.0262. The fraction of sp³-hybridized carbons (Fsp3) is 0.689. The van der Waals surface area contributed by atoms with E-state index in [4.69, 9.17) is 14.2 Å². The molecule has 67 heavy (non-hydrogen) atoms. The van der Waals surface area contributed by atoms with E-state index in [0.717, 1.165) is 122 Å². The van der Waals surface area contributed by atoms with Crippen molar-refractivity contribution < 1.29 is 28.6 Å². The van der Waals surface area contributed by atoms with Crippen molar-refractivity contribution in [3.8, 4) is 0 Å².